The quantitative estimate of drug-likeness (QED) is 0.640. The Morgan fingerprint density at radius 3 is 2.69 bits per heavy atom. The number of rotatable bonds is 7. The summed E-state index contributed by atoms with van der Waals surface area (Å²) in [5.41, 5.74) is 0. The first-order valence-electron chi connectivity index (χ1n) is 9.53. The number of aliphatic hydroxyl groups excluding tert-OH is 1. The maximum atomic E-state index is 13.1. The van der Waals surface area contributed by atoms with Gasteiger partial charge in [-0.15, -0.1) is 23.5 Å². The Morgan fingerprint density at radius 1 is 1.42 bits per heavy atom. The van der Waals surface area contributed by atoms with Crippen molar-refractivity contribution in [3.63, 3.8) is 0 Å². The van der Waals surface area contributed by atoms with Crippen molar-refractivity contribution in [3.05, 3.63) is 12.3 Å². The van der Waals surface area contributed by atoms with Crippen LogP contribution in [-0.4, -0.2) is 55.5 Å². The Hall–Kier alpha value is -0.820. The average molecular weight is 401 g/mol. The molecule has 0 aromatic rings. The van der Waals surface area contributed by atoms with Crippen LogP contribution in [-0.2, 0) is 9.59 Å². The summed E-state index contributed by atoms with van der Waals surface area (Å²) in [5, 5.41) is 13.2. The van der Waals surface area contributed by atoms with Crippen molar-refractivity contribution in [2.75, 3.05) is 5.75 Å². The van der Waals surface area contributed by atoms with Crippen molar-refractivity contribution in [1.82, 2.24) is 10.2 Å². The number of thioether (sulfide) groups is 2. The van der Waals surface area contributed by atoms with Gasteiger partial charge in [0.2, 0.25) is 11.8 Å². The molecule has 2 amide bonds. The SMILES string of the molecule is C=C(O)[C@@H]1CS[C@@H]2CCC[C@H](NC(=O)[C@@H](SC(C)C)[C@@H](C)CC)C(=O)N21. The van der Waals surface area contributed by atoms with E-state index in [1.165, 1.54) is 0 Å². The van der Waals surface area contributed by atoms with E-state index < -0.39 is 6.04 Å². The second kappa shape index (κ2) is 9.40. The molecule has 0 aromatic carbocycles. The molecular weight excluding hydrogens is 368 g/mol. The summed E-state index contributed by atoms with van der Waals surface area (Å²) in [6, 6.07) is -0.849. The Kier molecular flexibility index (Phi) is 7.76. The highest BCUT2D eigenvalue weighted by molar-refractivity contribution is 8.01. The van der Waals surface area contributed by atoms with Gasteiger partial charge in [-0.3, -0.25) is 9.59 Å². The summed E-state index contributed by atoms with van der Waals surface area (Å²) in [5.74, 6) is 0.839. The maximum absolute atomic E-state index is 13.1. The van der Waals surface area contributed by atoms with Crippen LogP contribution < -0.4 is 5.32 Å². The third-order valence-electron chi connectivity index (χ3n) is 5.13. The maximum Gasteiger partial charge on any atom is 0.246 e. The zero-order valence-corrected chi connectivity index (χ0v) is 17.9. The average Bonchev–Trinajstić information content (AvgIpc) is 2.95. The number of hydrogen-bond donors (Lipinski definition) is 2. The lowest BCUT2D eigenvalue weighted by Crippen LogP contribution is -2.53. The molecule has 2 saturated heterocycles. The zero-order chi connectivity index (χ0) is 19.4. The number of amides is 2. The monoisotopic (exact) mass is 400 g/mol. The van der Waals surface area contributed by atoms with E-state index in [0.717, 1.165) is 19.3 Å². The number of nitrogens with zero attached hydrogens (tertiary/aromatic N) is 1. The molecule has 7 heteroatoms. The van der Waals surface area contributed by atoms with Crippen LogP contribution in [0.3, 0.4) is 0 Å². The smallest absolute Gasteiger partial charge is 0.246 e. The Labute approximate surface area is 165 Å². The largest absolute Gasteiger partial charge is 0.511 e. The first-order valence-corrected chi connectivity index (χ1v) is 11.5. The number of carbonyl (C=O) groups excluding carboxylic acids is 2. The summed E-state index contributed by atoms with van der Waals surface area (Å²) in [6.07, 6.45) is 3.36. The Bertz CT molecular complexity index is 541. The molecule has 0 unspecified atom stereocenters. The minimum Gasteiger partial charge on any atom is -0.511 e. The van der Waals surface area contributed by atoms with Crippen molar-refractivity contribution < 1.29 is 14.7 Å². The van der Waals surface area contributed by atoms with E-state index in [9.17, 15) is 14.7 Å². The second-order valence-corrected chi connectivity index (χ2v) is 10.5. The first-order chi connectivity index (χ1) is 12.3. The van der Waals surface area contributed by atoms with Crippen LogP contribution in [0.5, 0.6) is 0 Å². The van der Waals surface area contributed by atoms with E-state index in [-0.39, 0.29) is 40.2 Å². The lowest BCUT2D eigenvalue weighted by Gasteiger charge is -2.31. The Balaban J connectivity index is 2.12. The number of fused-ring (bicyclic) bond motifs is 1. The molecule has 2 aliphatic heterocycles. The number of nitrogens with one attached hydrogen (secondary N) is 1. The van der Waals surface area contributed by atoms with Gasteiger partial charge in [0.15, 0.2) is 0 Å². The molecule has 0 bridgehead atoms. The van der Waals surface area contributed by atoms with Crippen LogP contribution in [0.4, 0.5) is 0 Å². The van der Waals surface area contributed by atoms with Gasteiger partial charge in [0.05, 0.1) is 16.7 Å². The molecule has 2 N–H and O–H groups in total. The minimum atomic E-state index is -0.507. The summed E-state index contributed by atoms with van der Waals surface area (Å²) < 4.78 is 0. The van der Waals surface area contributed by atoms with Crippen LogP contribution in [0.15, 0.2) is 12.3 Å². The van der Waals surface area contributed by atoms with Crippen molar-refractivity contribution in [2.45, 2.75) is 81.3 Å². The van der Waals surface area contributed by atoms with Crippen molar-refractivity contribution >= 4 is 35.3 Å². The predicted octanol–water partition coefficient (Wildman–Crippen LogP) is 3.55. The Morgan fingerprint density at radius 2 is 2.12 bits per heavy atom. The first kappa shape index (κ1) is 21.5. The van der Waals surface area contributed by atoms with E-state index in [4.69, 9.17) is 0 Å². The van der Waals surface area contributed by atoms with Gasteiger partial charge < -0.3 is 15.3 Å². The third kappa shape index (κ3) is 4.91. The molecule has 0 aromatic heterocycles. The van der Waals surface area contributed by atoms with Crippen LogP contribution >= 0.6 is 23.5 Å². The van der Waals surface area contributed by atoms with Crippen molar-refractivity contribution in [2.24, 2.45) is 5.92 Å². The molecule has 5 atom stereocenters. The second-order valence-electron chi connectivity index (χ2n) is 7.52. The van der Waals surface area contributed by atoms with E-state index in [1.54, 1.807) is 28.4 Å². The van der Waals surface area contributed by atoms with Gasteiger partial charge in [0.25, 0.3) is 0 Å². The molecule has 26 heavy (non-hydrogen) atoms. The molecule has 2 fully saturated rings. The summed E-state index contributed by atoms with van der Waals surface area (Å²) >= 11 is 3.36. The van der Waals surface area contributed by atoms with Crippen LogP contribution in [0.1, 0.15) is 53.4 Å². The number of aliphatic hydroxyl groups is 1. The van der Waals surface area contributed by atoms with Crippen molar-refractivity contribution in [1.29, 1.82) is 0 Å². The highest BCUT2D eigenvalue weighted by Crippen LogP contribution is 2.37. The van der Waals surface area contributed by atoms with Crippen LogP contribution in [0.25, 0.3) is 0 Å². The van der Waals surface area contributed by atoms with Gasteiger partial charge in [-0.1, -0.05) is 40.7 Å². The summed E-state index contributed by atoms with van der Waals surface area (Å²) in [4.78, 5) is 27.8. The van der Waals surface area contributed by atoms with Gasteiger partial charge in [-0.25, -0.2) is 0 Å². The standard InChI is InChI=1S/C19H32N2O3S2/c1-6-12(4)17(26-11(2)3)18(23)20-14-8-7-9-16-21(19(14)24)15(10-25-16)13(5)22/h11-12,14-17,22H,5-10H2,1-4H3,(H,20,23)/t12-,14-,15-,16+,17-/m0/s1. The van der Waals surface area contributed by atoms with Gasteiger partial charge >= 0.3 is 0 Å². The highest BCUT2D eigenvalue weighted by atomic mass is 32.2. The van der Waals surface area contributed by atoms with E-state index in [0.29, 0.717) is 17.4 Å². The molecule has 5 nitrogen and oxygen atoms in total. The van der Waals surface area contributed by atoms with E-state index in [2.05, 4.69) is 39.6 Å². The molecule has 0 spiro atoms. The van der Waals surface area contributed by atoms with Gasteiger partial charge in [-0.05, 0) is 30.4 Å². The fraction of sp³-hybridized carbons (Fsp3) is 0.789. The van der Waals surface area contributed by atoms with Crippen LogP contribution in [0, 0.1) is 5.92 Å². The minimum absolute atomic E-state index is 0.0353. The van der Waals surface area contributed by atoms with E-state index in [1.807, 2.05) is 0 Å². The topological polar surface area (TPSA) is 69.6 Å². The van der Waals surface area contributed by atoms with Crippen molar-refractivity contribution in [3.8, 4) is 0 Å². The zero-order valence-electron chi connectivity index (χ0n) is 16.2. The highest BCUT2D eigenvalue weighted by Gasteiger charge is 2.44. The van der Waals surface area contributed by atoms with Gasteiger partial charge in [-0.2, -0.15) is 0 Å². The molecule has 0 aliphatic carbocycles. The van der Waals surface area contributed by atoms with Gasteiger partial charge in [0, 0.05) is 5.75 Å². The summed E-state index contributed by atoms with van der Waals surface area (Å²) in [6.45, 7) is 12.0. The fourth-order valence-corrected chi connectivity index (χ4v) is 6.23. The fourth-order valence-electron chi connectivity index (χ4n) is 3.49. The van der Waals surface area contributed by atoms with Gasteiger partial charge in [0.1, 0.15) is 11.8 Å². The lowest BCUT2D eigenvalue weighted by atomic mass is 10.0. The number of hydrogen-bond acceptors (Lipinski definition) is 5. The summed E-state index contributed by atoms with van der Waals surface area (Å²) in [7, 11) is 0. The van der Waals surface area contributed by atoms with E-state index >= 15 is 0 Å². The molecule has 0 saturated carbocycles. The normalized spacial score (nSPS) is 28.4. The van der Waals surface area contributed by atoms with Crippen LogP contribution in [0.2, 0.25) is 0 Å². The predicted molar refractivity (Wildman–Crippen MR) is 110 cm³/mol. The molecule has 2 heterocycles. The number of carbonyl (C=O) groups is 2. The third-order valence-corrected chi connectivity index (χ3v) is 8.00. The molecule has 0 radical (unpaired) electrons. The lowest BCUT2D eigenvalue weighted by molar-refractivity contribution is -0.137. The molecule has 2 aliphatic rings. The molecule has 2 rings (SSSR count). The molecular formula is C19H32N2O3S2. The molecule has 148 valence electrons.